The lowest BCUT2D eigenvalue weighted by molar-refractivity contribution is -0.137. The van der Waals surface area contributed by atoms with Crippen LogP contribution in [0, 0.1) is 5.92 Å². The Morgan fingerprint density at radius 1 is 1.11 bits per heavy atom. The van der Waals surface area contributed by atoms with Crippen molar-refractivity contribution in [2.75, 3.05) is 26.2 Å². The first-order valence-electron chi connectivity index (χ1n) is 6.01. The van der Waals surface area contributed by atoms with Gasteiger partial charge in [0.2, 0.25) is 11.8 Å². The van der Waals surface area contributed by atoms with E-state index in [1.54, 1.807) is 5.32 Å². The zero-order valence-corrected chi connectivity index (χ0v) is 11.1. The number of nitrogens with one attached hydrogen (secondary N) is 3. The van der Waals surface area contributed by atoms with Crippen LogP contribution < -0.4 is 16.0 Å². The minimum atomic E-state index is -4.41. The van der Waals surface area contributed by atoms with Crippen LogP contribution in [0.4, 0.5) is 13.2 Å². The molecule has 0 aromatic carbocycles. The third-order valence-electron chi connectivity index (χ3n) is 2.01. The number of halogens is 3. The van der Waals surface area contributed by atoms with E-state index in [-0.39, 0.29) is 25.4 Å². The normalized spacial score (nSPS) is 11.5. The van der Waals surface area contributed by atoms with Gasteiger partial charge in [-0.05, 0) is 5.92 Å². The first-order valence-corrected chi connectivity index (χ1v) is 6.01. The van der Waals surface area contributed by atoms with Crippen molar-refractivity contribution in [1.29, 1.82) is 0 Å². The van der Waals surface area contributed by atoms with Crippen molar-refractivity contribution in [3.8, 4) is 0 Å². The summed E-state index contributed by atoms with van der Waals surface area (Å²) in [5, 5.41) is 7.01. The SMILES string of the molecule is CC(C)CNC(=O)CCNCC(=O)NCC(F)(F)F. The van der Waals surface area contributed by atoms with Gasteiger partial charge in [-0.15, -0.1) is 0 Å². The van der Waals surface area contributed by atoms with Crippen LogP contribution in [0.3, 0.4) is 0 Å². The second-order valence-corrected chi connectivity index (χ2v) is 4.52. The molecule has 2 amide bonds. The maximum Gasteiger partial charge on any atom is 0.405 e. The Morgan fingerprint density at radius 2 is 1.74 bits per heavy atom. The number of rotatable bonds is 8. The smallest absolute Gasteiger partial charge is 0.356 e. The molecule has 0 heterocycles. The molecule has 0 aromatic heterocycles. The number of carbonyl (C=O) groups is 2. The molecule has 0 rings (SSSR count). The molecule has 0 saturated heterocycles. The Labute approximate surface area is 110 Å². The maximum atomic E-state index is 11.8. The largest absolute Gasteiger partial charge is 0.405 e. The van der Waals surface area contributed by atoms with Gasteiger partial charge in [-0.25, -0.2) is 0 Å². The van der Waals surface area contributed by atoms with E-state index in [1.165, 1.54) is 0 Å². The van der Waals surface area contributed by atoms with Crippen LogP contribution >= 0.6 is 0 Å². The maximum absolute atomic E-state index is 11.8. The fourth-order valence-corrected chi connectivity index (χ4v) is 1.07. The molecule has 0 spiro atoms. The summed E-state index contributed by atoms with van der Waals surface area (Å²) in [4.78, 5) is 22.2. The summed E-state index contributed by atoms with van der Waals surface area (Å²) >= 11 is 0. The Balaban J connectivity index is 3.53. The van der Waals surface area contributed by atoms with E-state index in [9.17, 15) is 22.8 Å². The van der Waals surface area contributed by atoms with E-state index in [4.69, 9.17) is 0 Å². The molecule has 0 aliphatic carbocycles. The molecule has 112 valence electrons. The van der Waals surface area contributed by atoms with Gasteiger partial charge in [0.05, 0.1) is 6.54 Å². The number of alkyl halides is 3. The molecule has 19 heavy (non-hydrogen) atoms. The van der Waals surface area contributed by atoms with Gasteiger partial charge in [-0.2, -0.15) is 13.2 Å². The van der Waals surface area contributed by atoms with Gasteiger partial charge < -0.3 is 16.0 Å². The Bertz CT molecular complexity index is 293. The van der Waals surface area contributed by atoms with E-state index < -0.39 is 18.6 Å². The zero-order valence-electron chi connectivity index (χ0n) is 11.1. The molecule has 0 aromatic rings. The summed E-state index contributed by atoms with van der Waals surface area (Å²) in [7, 11) is 0. The van der Waals surface area contributed by atoms with Crippen molar-refractivity contribution >= 4 is 11.8 Å². The third kappa shape index (κ3) is 12.9. The second kappa shape index (κ2) is 8.73. The summed E-state index contributed by atoms with van der Waals surface area (Å²) < 4.78 is 35.3. The summed E-state index contributed by atoms with van der Waals surface area (Å²) in [6.07, 6.45) is -4.23. The molecule has 0 radical (unpaired) electrons. The molecule has 5 nitrogen and oxygen atoms in total. The fourth-order valence-electron chi connectivity index (χ4n) is 1.07. The molecule has 0 saturated carbocycles. The predicted octanol–water partition coefficient (Wildman–Crippen LogP) is 0.417. The number of carbonyl (C=O) groups excluding carboxylic acids is 2. The van der Waals surface area contributed by atoms with Gasteiger partial charge in [0.1, 0.15) is 6.54 Å². The molecule has 0 aliphatic rings. The lowest BCUT2D eigenvalue weighted by Gasteiger charge is -2.09. The Kier molecular flexibility index (Phi) is 8.13. The van der Waals surface area contributed by atoms with Crippen LogP contribution in [0.25, 0.3) is 0 Å². The van der Waals surface area contributed by atoms with Crippen LogP contribution in [0.15, 0.2) is 0 Å². The zero-order chi connectivity index (χ0) is 14.9. The van der Waals surface area contributed by atoms with E-state index in [0.29, 0.717) is 12.5 Å². The highest BCUT2D eigenvalue weighted by molar-refractivity contribution is 5.78. The summed E-state index contributed by atoms with van der Waals surface area (Å²) in [6, 6.07) is 0. The highest BCUT2D eigenvalue weighted by Gasteiger charge is 2.27. The average molecular weight is 283 g/mol. The first-order chi connectivity index (χ1) is 8.70. The minimum absolute atomic E-state index is 0.156. The van der Waals surface area contributed by atoms with Gasteiger partial charge in [-0.3, -0.25) is 9.59 Å². The number of hydrogen-bond donors (Lipinski definition) is 3. The van der Waals surface area contributed by atoms with Crippen molar-refractivity contribution < 1.29 is 22.8 Å². The lowest BCUT2D eigenvalue weighted by Crippen LogP contribution is -2.40. The second-order valence-electron chi connectivity index (χ2n) is 4.52. The van der Waals surface area contributed by atoms with Crippen molar-refractivity contribution in [2.45, 2.75) is 26.4 Å². The fraction of sp³-hybridized carbons (Fsp3) is 0.818. The van der Waals surface area contributed by atoms with Crippen molar-refractivity contribution in [2.24, 2.45) is 5.92 Å². The highest BCUT2D eigenvalue weighted by atomic mass is 19.4. The summed E-state index contributed by atoms with van der Waals surface area (Å²) in [5.74, 6) is -0.554. The van der Waals surface area contributed by atoms with E-state index >= 15 is 0 Å². The molecule has 8 heteroatoms. The molecular weight excluding hydrogens is 263 g/mol. The van der Waals surface area contributed by atoms with Gasteiger partial charge in [0.25, 0.3) is 0 Å². The quantitative estimate of drug-likeness (QED) is 0.565. The molecule has 0 bridgehead atoms. The van der Waals surface area contributed by atoms with E-state index in [2.05, 4.69) is 10.6 Å². The van der Waals surface area contributed by atoms with Crippen LogP contribution in [0.5, 0.6) is 0 Å². The van der Waals surface area contributed by atoms with Gasteiger partial charge in [0.15, 0.2) is 0 Å². The summed E-state index contributed by atoms with van der Waals surface area (Å²) in [5.41, 5.74) is 0. The van der Waals surface area contributed by atoms with Crippen LogP contribution in [-0.4, -0.2) is 44.2 Å². The lowest BCUT2D eigenvalue weighted by atomic mass is 10.2. The van der Waals surface area contributed by atoms with Gasteiger partial charge in [0, 0.05) is 19.5 Å². The van der Waals surface area contributed by atoms with Crippen LogP contribution in [0.1, 0.15) is 20.3 Å². The standard InChI is InChI=1S/C11H20F3N3O2/c1-8(2)5-16-9(18)3-4-15-6-10(19)17-7-11(12,13)14/h8,15H,3-7H2,1-2H3,(H,16,18)(H,17,19). The predicted molar refractivity (Wildman–Crippen MR) is 64.4 cm³/mol. The monoisotopic (exact) mass is 283 g/mol. The highest BCUT2D eigenvalue weighted by Crippen LogP contribution is 2.11. The molecule has 0 aliphatic heterocycles. The molecular formula is C11H20F3N3O2. The Hall–Kier alpha value is -1.31. The molecule has 3 N–H and O–H groups in total. The van der Waals surface area contributed by atoms with Crippen molar-refractivity contribution in [3.63, 3.8) is 0 Å². The minimum Gasteiger partial charge on any atom is -0.356 e. The number of amides is 2. The van der Waals surface area contributed by atoms with Crippen molar-refractivity contribution in [3.05, 3.63) is 0 Å². The van der Waals surface area contributed by atoms with Gasteiger partial charge >= 0.3 is 6.18 Å². The van der Waals surface area contributed by atoms with Crippen LogP contribution in [0.2, 0.25) is 0 Å². The first kappa shape index (κ1) is 17.7. The number of hydrogen-bond acceptors (Lipinski definition) is 3. The summed E-state index contributed by atoms with van der Waals surface area (Å²) in [6.45, 7) is 3.15. The van der Waals surface area contributed by atoms with Gasteiger partial charge in [-0.1, -0.05) is 13.8 Å². The Morgan fingerprint density at radius 3 is 2.26 bits per heavy atom. The van der Waals surface area contributed by atoms with Crippen molar-refractivity contribution in [1.82, 2.24) is 16.0 Å². The molecule has 0 unspecified atom stereocenters. The third-order valence-corrected chi connectivity index (χ3v) is 2.01. The topological polar surface area (TPSA) is 70.2 Å². The van der Waals surface area contributed by atoms with Crippen LogP contribution in [-0.2, 0) is 9.59 Å². The van der Waals surface area contributed by atoms with E-state index in [0.717, 1.165) is 0 Å². The molecule has 0 atom stereocenters. The molecule has 0 fully saturated rings. The average Bonchev–Trinajstić information content (AvgIpc) is 2.28. The van der Waals surface area contributed by atoms with E-state index in [1.807, 2.05) is 13.8 Å².